The quantitative estimate of drug-likeness (QED) is 0.807. The minimum absolute atomic E-state index is 0.0624. The number of carbonyl (C=O) groups is 1. The van der Waals surface area contributed by atoms with Crippen molar-refractivity contribution >= 4 is 11.6 Å². The lowest BCUT2D eigenvalue weighted by molar-refractivity contribution is 0.0939. The molecule has 0 spiro atoms. The van der Waals surface area contributed by atoms with Gasteiger partial charge in [0.2, 0.25) is 0 Å². The molecule has 2 rings (SSSR count). The molecule has 1 aliphatic rings. The van der Waals surface area contributed by atoms with Crippen LogP contribution in [0.25, 0.3) is 0 Å². The van der Waals surface area contributed by atoms with E-state index in [1.165, 1.54) is 12.1 Å². The fourth-order valence-electron chi connectivity index (χ4n) is 2.15. The van der Waals surface area contributed by atoms with E-state index in [4.69, 9.17) is 5.73 Å². The zero-order chi connectivity index (χ0) is 13.3. The molecule has 1 fully saturated rings. The highest BCUT2D eigenvalue weighted by Gasteiger charge is 2.45. The summed E-state index contributed by atoms with van der Waals surface area (Å²) in [7, 11) is 0. The molecule has 98 valence electrons. The lowest BCUT2D eigenvalue weighted by Gasteiger charge is -2.20. The van der Waals surface area contributed by atoms with Gasteiger partial charge in [0.05, 0.1) is 5.69 Å². The molecule has 1 aliphatic carbocycles. The van der Waals surface area contributed by atoms with Gasteiger partial charge < -0.3 is 11.1 Å². The van der Waals surface area contributed by atoms with Crippen LogP contribution >= 0.6 is 0 Å². The molecule has 0 bridgehead atoms. The zero-order valence-electron chi connectivity index (χ0n) is 10.8. The van der Waals surface area contributed by atoms with Gasteiger partial charge in [-0.2, -0.15) is 0 Å². The van der Waals surface area contributed by atoms with Gasteiger partial charge in [0.15, 0.2) is 0 Å². The van der Waals surface area contributed by atoms with Crippen LogP contribution in [-0.2, 0) is 0 Å². The third-order valence-electron chi connectivity index (χ3n) is 3.98. The fourth-order valence-corrected chi connectivity index (χ4v) is 2.15. The summed E-state index contributed by atoms with van der Waals surface area (Å²) < 4.78 is 13.2. The molecule has 1 aromatic carbocycles. The van der Waals surface area contributed by atoms with Crippen LogP contribution in [0, 0.1) is 17.2 Å². The van der Waals surface area contributed by atoms with E-state index in [0.717, 1.165) is 12.8 Å². The van der Waals surface area contributed by atoms with Crippen LogP contribution in [0.3, 0.4) is 0 Å². The standard InChI is InChI=1S/C14H19FN2O/c1-9(2)14(5-6-14)8-17-13(18)10-3-4-12(16)11(15)7-10/h3-4,7,9H,5-6,8,16H2,1-2H3,(H,17,18). The van der Waals surface area contributed by atoms with Gasteiger partial charge in [-0.25, -0.2) is 4.39 Å². The topological polar surface area (TPSA) is 55.1 Å². The Morgan fingerprint density at radius 3 is 2.67 bits per heavy atom. The van der Waals surface area contributed by atoms with E-state index in [0.29, 0.717) is 18.0 Å². The Labute approximate surface area is 107 Å². The predicted molar refractivity (Wildman–Crippen MR) is 69.7 cm³/mol. The van der Waals surface area contributed by atoms with Crippen LogP contribution in [0.4, 0.5) is 10.1 Å². The second kappa shape index (κ2) is 4.59. The molecule has 0 radical (unpaired) electrons. The van der Waals surface area contributed by atoms with E-state index in [-0.39, 0.29) is 17.0 Å². The number of carbonyl (C=O) groups excluding carboxylic acids is 1. The number of hydrogen-bond acceptors (Lipinski definition) is 2. The minimum Gasteiger partial charge on any atom is -0.396 e. The summed E-state index contributed by atoms with van der Waals surface area (Å²) in [6.45, 7) is 5.00. The van der Waals surface area contributed by atoms with Gasteiger partial charge in [-0.3, -0.25) is 4.79 Å². The molecule has 0 heterocycles. The first kappa shape index (κ1) is 12.9. The van der Waals surface area contributed by atoms with Crippen molar-refractivity contribution in [3.63, 3.8) is 0 Å². The molecule has 1 amide bonds. The van der Waals surface area contributed by atoms with Gasteiger partial charge in [-0.15, -0.1) is 0 Å². The SMILES string of the molecule is CC(C)C1(CNC(=O)c2ccc(N)c(F)c2)CC1. The van der Waals surface area contributed by atoms with Crippen molar-refractivity contribution in [1.29, 1.82) is 0 Å². The Morgan fingerprint density at radius 2 is 2.17 bits per heavy atom. The third-order valence-corrected chi connectivity index (χ3v) is 3.98. The van der Waals surface area contributed by atoms with E-state index in [9.17, 15) is 9.18 Å². The molecule has 4 heteroatoms. The molecule has 0 aliphatic heterocycles. The van der Waals surface area contributed by atoms with Crippen molar-refractivity contribution in [2.45, 2.75) is 26.7 Å². The highest BCUT2D eigenvalue weighted by atomic mass is 19.1. The number of hydrogen-bond donors (Lipinski definition) is 2. The summed E-state index contributed by atoms with van der Waals surface area (Å²) in [5.41, 5.74) is 6.01. The molecule has 1 aromatic rings. The number of rotatable bonds is 4. The second-order valence-corrected chi connectivity index (χ2v) is 5.44. The first-order valence-corrected chi connectivity index (χ1v) is 6.28. The van der Waals surface area contributed by atoms with E-state index >= 15 is 0 Å². The monoisotopic (exact) mass is 250 g/mol. The van der Waals surface area contributed by atoms with Crippen LogP contribution in [-0.4, -0.2) is 12.5 Å². The van der Waals surface area contributed by atoms with Gasteiger partial charge in [-0.05, 0) is 42.4 Å². The van der Waals surface area contributed by atoms with E-state index in [1.807, 2.05) is 0 Å². The molecular weight excluding hydrogens is 231 g/mol. The molecule has 3 nitrogen and oxygen atoms in total. The van der Waals surface area contributed by atoms with Gasteiger partial charge in [0.1, 0.15) is 5.82 Å². The summed E-state index contributed by atoms with van der Waals surface area (Å²) >= 11 is 0. The Hall–Kier alpha value is -1.58. The van der Waals surface area contributed by atoms with Crippen LogP contribution in [0.5, 0.6) is 0 Å². The number of nitrogen functional groups attached to an aromatic ring is 1. The summed E-state index contributed by atoms with van der Waals surface area (Å²) in [4.78, 5) is 11.9. The van der Waals surface area contributed by atoms with Gasteiger partial charge in [0, 0.05) is 12.1 Å². The zero-order valence-corrected chi connectivity index (χ0v) is 10.8. The van der Waals surface area contributed by atoms with Crippen LogP contribution < -0.4 is 11.1 Å². The molecule has 1 saturated carbocycles. The van der Waals surface area contributed by atoms with Crippen molar-refractivity contribution in [2.75, 3.05) is 12.3 Å². The summed E-state index contributed by atoms with van der Waals surface area (Å²) in [5.74, 6) is -0.227. The number of nitrogens with one attached hydrogen (secondary N) is 1. The maximum Gasteiger partial charge on any atom is 0.251 e. The molecule has 0 unspecified atom stereocenters. The molecule has 18 heavy (non-hydrogen) atoms. The predicted octanol–water partition coefficient (Wildman–Crippen LogP) is 2.57. The molecule has 3 N–H and O–H groups in total. The number of anilines is 1. The largest absolute Gasteiger partial charge is 0.396 e. The van der Waals surface area contributed by atoms with Crippen molar-refractivity contribution in [1.82, 2.24) is 5.32 Å². The van der Waals surface area contributed by atoms with Crippen molar-refractivity contribution in [2.24, 2.45) is 11.3 Å². The molecule has 0 atom stereocenters. The Balaban J connectivity index is 1.98. The fraction of sp³-hybridized carbons (Fsp3) is 0.500. The average Bonchev–Trinajstić information content (AvgIpc) is 3.11. The average molecular weight is 250 g/mol. The second-order valence-electron chi connectivity index (χ2n) is 5.44. The van der Waals surface area contributed by atoms with Crippen LogP contribution in [0.1, 0.15) is 37.0 Å². The maximum absolute atomic E-state index is 13.2. The number of nitrogens with two attached hydrogens (primary N) is 1. The normalized spacial score (nSPS) is 16.7. The summed E-state index contributed by atoms with van der Waals surface area (Å²) in [6, 6.07) is 4.14. The first-order valence-electron chi connectivity index (χ1n) is 6.28. The Kier molecular flexibility index (Phi) is 3.28. The minimum atomic E-state index is -0.548. The Morgan fingerprint density at radius 1 is 1.50 bits per heavy atom. The van der Waals surface area contributed by atoms with Gasteiger partial charge in [-0.1, -0.05) is 13.8 Å². The summed E-state index contributed by atoms with van der Waals surface area (Å²) in [5, 5.41) is 2.88. The lowest BCUT2D eigenvalue weighted by atomic mass is 9.92. The van der Waals surface area contributed by atoms with Crippen LogP contribution in [0.15, 0.2) is 18.2 Å². The smallest absolute Gasteiger partial charge is 0.251 e. The first-order chi connectivity index (χ1) is 8.44. The van der Waals surface area contributed by atoms with E-state index in [1.54, 1.807) is 6.07 Å². The number of amides is 1. The van der Waals surface area contributed by atoms with Crippen molar-refractivity contribution in [3.05, 3.63) is 29.6 Å². The highest BCUT2D eigenvalue weighted by Crippen LogP contribution is 2.51. The maximum atomic E-state index is 13.2. The van der Waals surface area contributed by atoms with Gasteiger partial charge in [0.25, 0.3) is 5.91 Å². The number of benzene rings is 1. The Bertz CT molecular complexity index is 467. The van der Waals surface area contributed by atoms with Gasteiger partial charge >= 0.3 is 0 Å². The molecule has 0 saturated heterocycles. The third kappa shape index (κ3) is 2.47. The van der Waals surface area contributed by atoms with E-state index in [2.05, 4.69) is 19.2 Å². The van der Waals surface area contributed by atoms with Crippen molar-refractivity contribution in [3.8, 4) is 0 Å². The number of halogens is 1. The lowest BCUT2D eigenvalue weighted by Crippen LogP contribution is -2.32. The highest BCUT2D eigenvalue weighted by molar-refractivity contribution is 5.94. The van der Waals surface area contributed by atoms with Crippen molar-refractivity contribution < 1.29 is 9.18 Å². The van der Waals surface area contributed by atoms with Crippen LogP contribution in [0.2, 0.25) is 0 Å². The van der Waals surface area contributed by atoms with E-state index < -0.39 is 5.82 Å². The molecular formula is C14H19FN2O. The summed E-state index contributed by atoms with van der Waals surface area (Å²) in [6.07, 6.45) is 2.31. The molecule has 0 aromatic heterocycles.